The largest absolute Gasteiger partial charge is 0.497 e. The molecule has 1 heterocycles. The molecule has 0 aliphatic carbocycles. The molecule has 12 heavy (non-hydrogen) atoms. The third-order valence-electron chi connectivity index (χ3n) is 1.85. The summed E-state index contributed by atoms with van der Waals surface area (Å²) in [5.41, 5.74) is 1.19. The Morgan fingerprint density at radius 1 is 1.42 bits per heavy atom. The van der Waals surface area contributed by atoms with Gasteiger partial charge in [0, 0.05) is 6.42 Å². The molecule has 0 saturated carbocycles. The average Bonchev–Trinajstić information content (AvgIpc) is 2.90. The predicted octanol–water partition coefficient (Wildman–Crippen LogP) is 1.65. The normalized spacial score (nSPS) is 20.6. The minimum absolute atomic E-state index is 0.346. The van der Waals surface area contributed by atoms with Crippen LogP contribution in [-0.2, 0) is 4.74 Å². The van der Waals surface area contributed by atoms with Gasteiger partial charge in [-0.3, -0.25) is 0 Å². The molecular weight excluding hydrogens is 152 g/mol. The van der Waals surface area contributed by atoms with Crippen LogP contribution in [-0.4, -0.2) is 19.8 Å². The SMILES string of the molecule is COc1ccc([CH]C2CO2)cc1. The minimum atomic E-state index is 0.346. The molecule has 1 radical (unpaired) electrons. The summed E-state index contributed by atoms with van der Waals surface area (Å²) in [5, 5.41) is 0. The van der Waals surface area contributed by atoms with Gasteiger partial charge in [0.1, 0.15) is 5.75 Å². The topological polar surface area (TPSA) is 21.8 Å². The molecule has 0 bridgehead atoms. The molecule has 0 amide bonds. The summed E-state index contributed by atoms with van der Waals surface area (Å²) in [6.45, 7) is 0.867. The van der Waals surface area contributed by atoms with E-state index in [9.17, 15) is 0 Å². The number of ether oxygens (including phenoxy) is 2. The molecule has 0 spiro atoms. The first-order valence-corrected chi connectivity index (χ1v) is 3.99. The van der Waals surface area contributed by atoms with E-state index in [2.05, 4.69) is 6.42 Å². The van der Waals surface area contributed by atoms with Crippen LogP contribution in [0.2, 0.25) is 0 Å². The van der Waals surface area contributed by atoms with E-state index in [1.807, 2.05) is 24.3 Å². The van der Waals surface area contributed by atoms with E-state index >= 15 is 0 Å². The van der Waals surface area contributed by atoms with Crippen molar-refractivity contribution in [2.24, 2.45) is 0 Å². The first-order chi connectivity index (χ1) is 5.88. The molecule has 63 valence electrons. The van der Waals surface area contributed by atoms with E-state index in [-0.39, 0.29) is 0 Å². The zero-order valence-corrected chi connectivity index (χ0v) is 6.99. The van der Waals surface area contributed by atoms with Gasteiger partial charge in [0.05, 0.1) is 19.8 Å². The second-order valence-electron chi connectivity index (χ2n) is 2.81. The van der Waals surface area contributed by atoms with Gasteiger partial charge in [-0.2, -0.15) is 0 Å². The summed E-state index contributed by atoms with van der Waals surface area (Å²) in [6, 6.07) is 7.96. The molecule has 1 fully saturated rings. The van der Waals surface area contributed by atoms with Gasteiger partial charge in [-0.1, -0.05) is 12.1 Å². The lowest BCUT2D eigenvalue weighted by Crippen LogP contribution is -1.89. The van der Waals surface area contributed by atoms with Crippen LogP contribution in [0.25, 0.3) is 0 Å². The predicted molar refractivity (Wildman–Crippen MR) is 46.1 cm³/mol. The fraction of sp³-hybridized carbons (Fsp3) is 0.300. The van der Waals surface area contributed by atoms with Gasteiger partial charge in [0.15, 0.2) is 0 Å². The highest BCUT2D eigenvalue weighted by atomic mass is 16.6. The summed E-state index contributed by atoms with van der Waals surface area (Å²) < 4.78 is 10.1. The van der Waals surface area contributed by atoms with Crippen LogP contribution in [0.1, 0.15) is 5.56 Å². The summed E-state index contributed by atoms with van der Waals surface area (Å²) in [7, 11) is 1.67. The highest BCUT2D eigenvalue weighted by molar-refractivity contribution is 5.32. The molecule has 2 nitrogen and oxygen atoms in total. The van der Waals surface area contributed by atoms with Crippen molar-refractivity contribution in [3.05, 3.63) is 36.2 Å². The second-order valence-corrected chi connectivity index (χ2v) is 2.81. The number of hydrogen-bond acceptors (Lipinski definition) is 2. The van der Waals surface area contributed by atoms with Gasteiger partial charge in [-0.25, -0.2) is 0 Å². The van der Waals surface area contributed by atoms with Crippen molar-refractivity contribution >= 4 is 0 Å². The maximum Gasteiger partial charge on any atom is 0.118 e. The van der Waals surface area contributed by atoms with E-state index in [1.165, 1.54) is 5.56 Å². The number of methoxy groups -OCH3 is 1. The fourth-order valence-electron chi connectivity index (χ4n) is 1.08. The minimum Gasteiger partial charge on any atom is -0.497 e. The number of epoxide rings is 1. The molecule has 2 heteroatoms. The maximum absolute atomic E-state index is 5.08. The molecule has 1 aliphatic rings. The number of benzene rings is 1. The van der Waals surface area contributed by atoms with E-state index in [0.717, 1.165) is 12.4 Å². The van der Waals surface area contributed by atoms with Crippen LogP contribution >= 0.6 is 0 Å². The number of rotatable bonds is 3. The summed E-state index contributed by atoms with van der Waals surface area (Å²) in [5.74, 6) is 0.892. The fourth-order valence-corrected chi connectivity index (χ4v) is 1.08. The smallest absolute Gasteiger partial charge is 0.118 e. The van der Waals surface area contributed by atoms with E-state index in [4.69, 9.17) is 9.47 Å². The third kappa shape index (κ3) is 1.77. The average molecular weight is 163 g/mol. The van der Waals surface area contributed by atoms with Crippen LogP contribution < -0.4 is 4.74 Å². The van der Waals surface area contributed by atoms with Crippen molar-refractivity contribution in [2.75, 3.05) is 13.7 Å². The van der Waals surface area contributed by atoms with Crippen LogP contribution in [0.5, 0.6) is 5.75 Å². The van der Waals surface area contributed by atoms with Gasteiger partial charge >= 0.3 is 0 Å². The van der Waals surface area contributed by atoms with Gasteiger partial charge in [-0.15, -0.1) is 0 Å². The zero-order chi connectivity index (χ0) is 8.39. The Morgan fingerprint density at radius 3 is 2.58 bits per heavy atom. The standard InChI is InChI=1S/C10H11O2/c1-11-9-4-2-8(3-5-9)6-10-7-12-10/h2-6,10H,7H2,1H3. The summed E-state index contributed by atoms with van der Waals surface area (Å²) in [6.07, 6.45) is 2.46. The van der Waals surface area contributed by atoms with Crippen LogP contribution in [0, 0.1) is 6.42 Å². The Bertz CT molecular complexity index is 249. The molecule has 1 saturated heterocycles. The van der Waals surface area contributed by atoms with Crippen molar-refractivity contribution in [1.82, 2.24) is 0 Å². The molecule has 1 atom stereocenters. The first-order valence-electron chi connectivity index (χ1n) is 3.99. The molecule has 1 unspecified atom stereocenters. The van der Waals surface area contributed by atoms with Gasteiger partial charge in [0.2, 0.25) is 0 Å². The highest BCUT2D eigenvalue weighted by Gasteiger charge is 2.22. The Balaban J connectivity index is 2.02. The third-order valence-corrected chi connectivity index (χ3v) is 1.85. The Kier molecular flexibility index (Phi) is 2.00. The van der Waals surface area contributed by atoms with Crippen LogP contribution in [0.3, 0.4) is 0 Å². The zero-order valence-electron chi connectivity index (χ0n) is 6.99. The van der Waals surface area contributed by atoms with Crippen molar-refractivity contribution in [2.45, 2.75) is 6.10 Å². The lowest BCUT2D eigenvalue weighted by atomic mass is 10.1. The summed E-state index contributed by atoms with van der Waals surface area (Å²) >= 11 is 0. The van der Waals surface area contributed by atoms with Gasteiger partial charge < -0.3 is 9.47 Å². The van der Waals surface area contributed by atoms with E-state index < -0.39 is 0 Å². The van der Waals surface area contributed by atoms with Crippen LogP contribution in [0.15, 0.2) is 24.3 Å². The number of hydrogen-bond donors (Lipinski definition) is 0. The Hall–Kier alpha value is -1.02. The lowest BCUT2D eigenvalue weighted by molar-refractivity contribution is 0.414. The molecule has 1 aliphatic heterocycles. The first kappa shape index (κ1) is 7.62. The molecule has 2 rings (SSSR count). The monoisotopic (exact) mass is 163 g/mol. The molecule has 0 N–H and O–H groups in total. The molecular formula is C10H11O2. The Morgan fingerprint density at radius 2 is 2.08 bits per heavy atom. The quantitative estimate of drug-likeness (QED) is 0.632. The van der Waals surface area contributed by atoms with E-state index in [0.29, 0.717) is 6.10 Å². The molecule has 0 aromatic heterocycles. The molecule has 1 aromatic carbocycles. The Labute approximate surface area is 72.1 Å². The van der Waals surface area contributed by atoms with Crippen molar-refractivity contribution < 1.29 is 9.47 Å². The lowest BCUT2D eigenvalue weighted by Gasteiger charge is -2.00. The van der Waals surface area contributed by atoms with Crippen molar-refractivity contribution in [3.8, 4) is 5.75 Å². The van der Waals surface area contributed by atoms with Crippen LogP contribution in [0.4, 0.5) is 0 Å². The van der Waals surface area contributed by atoms with Crippen molar-refractivity contribution in [1.29, 1.82) is 0 Å². The molecule has 1 aromatic rings. The van der Waals surface area contributed by atoms with Crippen molar-refractivity contribution in [3.63, 3.8) is 0 Å². The summed E-state index contributed by atoms with van der Waals surface area (Å²) in [4.78, 5) is 0. The highest BCUT2D eigenvalue weighted by Crippen LogP contribution is 2.20. The second kappa shape index (κ2) is 3.15. The van der Waals surface area contributed by atoms with E-state index in [1.54, 1.807) is 7.11 Å². The van der Waals surface area contributed by atoms with Gasteiger partial charge in [0.25, 0.3) is 0 Å². The van der Waals surface area contributed by atoms with Gasteiger partial charge in [-0.05, 0) is 17.7 Å². The maximum atomic E-state index is 5.08.